The van der Waals surface area contributed by atoms with Crippen LogP contribution in [-0.4, -0.2) is 17.2 Å². The molecular weight excluding hydrogens is 352 g/mol. The van der Waals surface area contributed by atoms with Crippen LogP contribution in [0.4, 0.5) is 16.2 Å². The summed E-state index contributed by atoms with van der Waals surface area (Å²) < 4.78 is 0.379. The molecule has 8 heteroatoms. The van der Waals surface area contributed by atoms with Crippen molar-refractivity contribution >= 4 is 39.6 Å². The van der Waals surface area contributed by atoms with Crippen molar-refractivity contribution < 1.29 is 9.72 Å². The number of hydrazone groups is 1. The van der Waals surface area contributed by atoms with Crippen molar-refractivity contribution in [3.63, 3.8) is 0 Å². The number of hydrogen-bond donors (Lipinski definition) is 2. The Balaban J connectivity index is 1.96. The molecule has 2 rings (SSSR count). The maximum Gasteiger partial charge on any atom is 0.339 e. The molecule has 2 aromatic carbocycles. The maximum absolute atomic E-state index is 11.6. The summed E-state index contributed by atoms with van der Waals surface area (Å²) in [7, 11) is 0. The highest BCUT2D eigenvalue weighted by atomic mass is 79.9. The Morgan fingerprint density at radius 2 is 1.95 bits per heavy atom. The number of urea groups is 1. The lowest BCUT2D eigenvalue weighted by Crippen LogP contribution is -2.24. The third-order valence-electron chi connectivity index (χ3n) is 2.58. The molecule has 0 aliphatic heterocycles. The Morgan fingerprint density at radius 3 is 2.64 bits per heavy atom. The van der Waals surface area contributed by atoms with E-state index >= 15 is 0 Å². The quantitative estimate of drug-likeness (QED) is 0.494. The molecule has 0 aromatic heterocycles. The lowest BCUT2D eigenvalue weighted by molar-refractivity contribution is -0.385. The minimum atomic E-state index is -0.505. The minimum absolute atomic E-state index is 0.0716. The molecule has 0 radical (unpaired) electrons. The fourth-order valence-electron chi connectivity index (χ4n) is 1.60. The summed E-state index contributed by atoms with van der Waals surface area (Å²) in [5, 5.41) is 17.1. The van der Waals surface area contributed by atoms with Gasteiger partial charge in [-0.25, -0.2) is 10.2 Å². The molecule has 22 heavy (non-hydrogen) atoms. The highest BCUT2D eigenvalue weighted by Crippen LogP contribution is 2.24. The number of halogens is 1. The number of carbonyl (C=O) groups excluding carboxylic acids is 1. The van der Waals surface area contributed by atoms with Crippen LogP contribution in [0.1, 0.15) is 5.56 Å². The highest BCUT2D eigenvalue weighted by Gasteiger charge is 2.11. The molecule has 2 aromatic rings. The van der Waals surface area contributed by atoms with E-state index in [4.69, 9.17) is 0 Å². The zero-order valence-corrected chi connectivity index (χ0v) is 12.8. The van der Waals surface area contributed by atoms with E-state index in [9.17, 15) is 14.9 Å². The third kappa shape index (κ3) is 4.38. The lowest BCUT2D eigenvalue weighted by Gasteiger charge is -2.03. The normalized spacial score (nSPS) is 10.4. The van der Waals surface area contributed by atoms with E-state index in [-0.39, 0.29) is 5.69 Å². The first kappa shape index (κ1) is 15.6. The molecule has 112 valence electrons. The number of para-hydroxylation sites is 1. The van der Waals surface area contributed by atoms with E-state index in [0.717, 1.165) is 0 Å². The molecule has 2 amide bonds. The Kier molecular flexibility index (Phi) is 5.21. The predicted octanol–water partition coefficient (Wildman–Crippen LogP) is 3.51. The summed E-state index contributed by atoms with van der Waals surface area (Å²) in [5.41, 5.74) is 3.34. The minimum Gasteiger partial charge on any atom is -0.307 e. The Morgan fingerprint density at radius 1 is 1.23 bits per heavy atom. The average molecular weight is 363 g/mol. The van der Waals surface area contributed by atoms with Crippen molar-refractivity contribution in [1.29, 1.82) is 0 Å². The van der Waals surface area contributed by atoms with Gasteiger partial charge in [0.05, 0.1) is 15.6 Å². The molecule has 0 fully saturated rings. The van der Waals surface area contributed by atoms with Crippen molar-refractivity contribution in [1.82, 2.24) is 5.43 Å². The van der Waals surface area contributed by atoms with E-state index in [2.05, 4.69) is 31.8 Å². The van der Waals surface area contributed by atoms with E-state index < -0.39 is 11.0 Å². The van der Waals surface area contributed by atoms with Crippen molar-refractivity contribution in [3.05, 3.63) is 68.7 Å². The summed E-state index contributed by atoms with van der Waals surface area (Å²) in [5.74, 6) is 0. The van der Waals surface area contributed by atoms with Gasteiger partial charge in [-0.1, -0.05) is 24.3 Å². The molecule has 0 aliphatic carbocycles. The van der Waals surface area contributed by atoms with Crippen molar-refractivity contribution in [2.75, 3.05) is 5.32 Å². The Bertz CT molecular complexity index is 719. The molecule has 0 bridgehead atoms. The summed E-state index contributed by atoms with van der Waals surface area (Å²) in [6.45, 7) is 0. The zero-order chi connectivity index (χ0) is 15.9. The zero-order valence-electron chi connectivity index (χ0n) is 11.2. The average Bonchev–Trinajstić information content (AvgIpc) is 2.49. The number of benzene rings is 2. The van der Waals surface area contributed by atoms with Crippen molar-refractivity contribution in [2.45, 2.75) is 0 Å². The fraction of sp³-hybridized carbons (Fsp3) is 0. The second-order valence-electron chi connectivity index (χ2n) is 4.16. The highest BCUT2D eigenvalue weighted by molar-refractivity contribution is 9.10. The predicted molar refractivity (Wildman–Crippen MR) is 87.0 cm³/mol. The number of carbonyl (C=O) groups is 1. The van der Waals surface area contributed by atoms with Crippen LogP contribution in [0.15, 0.2) is 58.1 Å². The molecule has 0 saturated carbocycles. The van der Waals surface area contributed by atoms with Crippen LogP contribution in [0.3, 0.4) is 0 Å². The van der Waals surface area contributed by atoms with Crippen LogP contribution in [0, 0.1) is 10.1 Å². The monoisotopic (exact) mass is 362 g/mol. The van der Waals surface area contributed by atoms with Gasteiger partial charge >= 0.3 is 6.03 Å². The number of nitro groups is 1. The summed E-state index contributed by atoms with van der Waals surface area (Å²) in [6, 6.07) is 12.9. The molecule has 0 unspecified atom stereocenters. The van der Waals surface area contributed by atoms with Gasteiger partial charge < -0.3 is 5.32 Å². The van der Waals surface area contributed by atoms with Crippen LogP contribution in [0.2, 0.25) is 0 Å². The molecule has 0 spiro atoms. The number of amides is 2. The topological polar surface area (TPSA) is 96.6 Å². The molecular formula is C14H11BrN4O3. The standard InChI is InChI=1S/C14H11BrN4O3/c15-12-7-6-10(8-13(12)19(21)22)9-16-18-14(20)17-11-4-2-1-3-5-11/h1-9H,(H2,17,18,20)/b16-9+. The molecule has 7 nitrogen and oxygen atoms in total. The maximum atomic E-state index is 11.6. The molecule has 2 N–H and O–H groups in total. The van der Waals surface area contributed by atoms with Gasteiger partial charge in [0, 0.05) is 17.3 Å². The molecule has 0 saturated heterocycles. The van der Waals surface area contributed by atoms with Gasteiger partial charge in [-0.05, 0) is 34.1 Å². The van der Waals surface area contributed by atoms with Crippen LogP contribution < -0.4 is 10.7 Å². The second-order valence-corrected chi connectivity index (χ2v) is 5.01. The number of anilines is 1. The Labute approximate surface area is 134 Å². The van der Waals surface area contributed by atoms with E-state index in [1.807, 2.05) is 6.07 Å². The third-order valence-corrected chi connectivity index (χ3v) is 3.25. The number of rotatable bonds is 4. The van der Waals surface area contributed by atoms with E-state index in [0.29, 0.717) is 15.7 Å². The van der Waals surface area contributed by atoms with Crippen LogP contribution >= 0.6 is 15.9 Å². The first-order valence-electron chi connectivity index (χ1n) is 6.15. The van der Waals surface area contributed by atoms with Crippen molar-refractivity contribution in [2.24, 2.45) is 5.10 Å². The first-order chi connectivity index (χ1) is 10.6. The van der Waals surface area contributed by atoms with Gasteiger partial charge in [-0.15, -0.1) is 0 Å². The van der Waals surface area contributed by atoms with Gasteiger partial charge in [0.2, 0.25) is 0 Å². The first-order valence-corrected chi connectivity index (χ1v) is 6.94. The summed E-state index contributed by atoms with van der Waals surface area (Å²) in [6.07, 6.45) is 1.32. The second kappa shape index (κ2) is 7.32. The summed E-state index contributed by atoms with van der Waals surface area (Å²) >= 11 is 3.09. The number of nitrogens with one attached hydrogen (secondary N) is 2. The number of nitrogens with zero attached hydrogens (tertiary/aromatic N) is 2. The molecule has 0 heterocycles. The number of hydrogen-bond acceptors (Lipinski definition) is 4. The van der Waals surface area contributed by atoms with Gasteiger partial charge in [0.15, 0.2) is 0 Å². The Hall–Kier alpha value is -2.74. The molecule has 0 aliphatic rings. The van der Waals surface area contributed by atoms with Gasteiger partial charge in [0.25, 0.3) is 5.69 Å². The van der Waals surface area contributed by atoms with E-state index in [1.165, 1.54) is 12.3 Å². The van der Waals surface area contributed by atoms with Gasteiger partial charge in [-0.2, -0.15) is 5.10 Å². The van der Waals surface area contributed by atoms with Crippen LogP contribution in [0.5, 0.6) is 0 Å². The van der Waals surface area contributed by atoms with Crippen molar-refractivity contribution in [3.8, 4) is 0 Å². The molecule has 0 atom stereocenters. The van der Waals surface area contributed by atoms with Gasteiger partial charge in [0.1, 0.15) is 0 Å². The largest absolute Gasteiger partial charge is 0.339 e. The van der Waals surface area contributed by atoms with Crippen LogP contribution in [0.25, 0.3) is 0 Å². The van der Waals surface area contributed by atoms with E-state index in [1.54, 1.807) is 36.4 Å². The summed E-state index contributed by atoms with van der Waals surface area (Å²) in [4.78, 5) is 21.9. The number of nitro benzene ring substituents is 1. The van der Waals surface area contributed by atoms with Gasteiger partial charge in [-0.3, -0.25) is 10.1 Å². The SMILES string of the molecule is O=C(N/N=C/c1ccc(Br)c([N+](=O)[O-])c1)Nc1ccccc1. The van der Waals surface area contributed by atoms with Crippen LogP contribution in [-0.2, 0) is 0 Å². The lowest BCUT2D eigenvalue weighted by atomic mass is 10.2. The smallest absolute Gasteiger partial charge is 0.307 e. The fourth-order valence-corrected chi connectivity index (χ4v) is 1.99.